The maximum atomic E-state index is 12.0. The van der Waals surface area contributed by atoms with Crippen LogP contribution in [0.4, 0.5) is 5.13 Å². The lowest BCUT2D eigenvalue weighted by Gasteiger charge is -2.07. The van der Waals surface area contributed by atoms with E-state index in [1.807, 2.05) is 35.8 Å². The van der Waals surface area contributed by atoms with E-state index in [1.54, 1.807) is 5.51 Å². The number of benzene rings is 1. The number of rotatable bonds is 3. The monoisotopic (exact) mass is 272 g/mol. The predicted molar refractivity (Wildman–Crippen MR) is 75.2 cm³/mol. The molecule has 0 bridgehead atoms. The largest absolute Gasteiger partial charge is 0.335 e. The molecule has 0 saturated carbocycles. The second-order valence-corrected chi connectivity index (χ2v) is 5.06. The number of hydrogen-bond donors (Lipinski definition) is 1. The summed E-state index contributed by atoms with van der Waals surface area (Å²) in [6, 6.07) is 10.1. The molecule has 19 heavy (non-hydrogen) atoms. The molecule has 0 aliphatic rings. The molecule has 0 aliphatic heterocycles. The van der Waals surface area contributed by atoms with Crippen LogP contribution in [0, 0.1) is 6.92 Å². The molecular weight excluding hydrogens is 260 g/mol. The van der Waals surface area contributed by atoms with E-state index in [9.17, 15) is 4.79 Å². The lowest BCUT2D eigenvalue weighted by Crippen LogP contribution is -2.19. The van der Waals surface area contributed by atoms with E-state index in [0.717, 1.165) is 16.6 Å². The summed E-state index contributed by atoms with van der Waals surface area (Å²) in [6.07, 6.45) is 0. The lowest BCUT2D eigenvalue weighted by molar-refractivity contribution is -0.116. The predicted octanol–water partition coefficient (Wildman–Crippen LogP) is 2.44. The van der Waals surface area contributed by atoms with E-state index in [4.69, 9.17) is 0 Å². The smallest absolute Gasteiger partial charge is 0.246 e. The quantitative estimate of drug-likeness (QED) is 0.796. The number of aryl methyl sites for hydroxylation is 1. The molecule has 0 unspecified atom stereocenters. The molecule has 5 nitrogen and oxygen atoms in total. The molecule has 0 aliphatic carbocycles. The molecule has 96 valence electrons. The first-order valence-electron chi connectivity index (χ1n) is 5.85. The molecule has 6 heteroatoms. The van der Waals surface area contributed by atoms with Crippen molar-refractivity contribution in [1.82, 2.24) is 14.8 Å². The fourth-order valence-electron chi connectivity index (χ4n) is 2.09. The molecule has 0 spiro atoms. The van der Waals surface area contributed by atoms with Crippen molar-refractivity contribution < 1.29 is 4.79 Å². The van der Waals surface area contributed by atoms with Gasteiger partial charge in [-0.25, -0.2) is 0 Å². The van der Waals surface area contributed by atoms with Crippen molar-refractivity contribution >= 4 is 33.3 Å². The number of fused-ring (bicyclic) bond motifs is 1. The van der Waals surface area contributed by atoms with Crippen LogP contribution < -0.4 is 5.32 Å². The Labute approximate surface area is 113 Å². The van der Waals surface area contributed by atoms with Gasteiger partial charge in [-0.05, 0) is 24.4 Å². The van der Waals surface area contributed by atoms with Crippen LogP contribution in [-0.2, 0) is 11.3 Å². The van der Waals surface area contributed by atoms with Crippen molar-refractivity contribution in [2.45, 2.75) is 13.5 Å². The third-order valence-corrected chi connectivity index (χ3v) is 3.53. The van der Waals surface area contributed by atoms with Crippen molar-refractivity contribution in [2.75, 3.05) is 5.32 Å². The van der Waals surface area contributed by atoms with Crippen LogP contribution in [0.3, 0.4) is 0 Å². The fourth-order valence-corrected chi connectivity index (χ4v) is 2.55. The number of carbonyl (C=O) groups is 1. The van der Waals surface area contributed by atoms with Crippen molar-refractivity contribution in [3.8, 4) is 0 Å². The van der Waals surface area contributed by atoms with Gasteiger partial charge in [-0.2, -0.15) is 0 Å². The van der Waals surface area contributed by atoms with E-state index in [1.165, 1.54) is 11.3 Å². The second-order valence-electron chi connectivity index (χ2n) is 4.22. The number of anilines is 1. The summed E-state index contributed by atoms with van der Waals surface area (Å²) in [6.45, 7) is 2.27. The number of para-hydroxylation sites is 1. The molecule has 1 N–H and O–H groups in total. The number of nitrogens with one attached hydrogen (secondary N) is 1. The molecule has 3 aromatic rings. The Hall–Kier alpha value is -2.21. The Kier molecular flexibility index (Phi) is 3.00. The van der Waals surface area contributed by atoms with Gasteiger partial charge in [0.1, 0.15) is 12.1 Å². The molecule has 2 heterocycles. The summed E-state index contributed by atoms with van der Waals surface area (Å²) >= 11 is 1.31. The van der Waals surface area contributed by atoms with Gasteiger partial charge in [0, 0.05) is 11.2 Å². The van der Waals surface area contributed by atoms with Gasteiger partial charge in [0.25, 0.3) is 0 Å². The summed E-state index contributed by atoms with van der Waals surface area (Å²) in [5.74, 6) is -0.0961. The zero-order valence-corrected chi connectivity index (χ0v) is 11.1. The maximum Gasteiger partial charge on any atom is 0.246 e. The van der Waals surface area contributed by atoms with Gasteiger partial charge in [0.2, 0.25) is 11.0 Å². The number of nitrogens with zero attached hydrogens (tertiary/aromatic N) is 3. The fraction of sp³-hybridized carbons (Fsp3) is 0.154. The molecule has 2 aromatic heterocycles. The Morgan fingerprint density at radius 2 is 2.26 bits per heavy atom. The van der Waals surface area contributed by atoms with E-state index < -0.39 is 0 Å². The Bertz CT molecular complexity index is 717. The zero-order chi connectivity index (χ0) is 13.2. The van der Waals surface area contributed by atoms with Crippen molar-refractivity contribution in [2.24, 2.45) is 0 Å². The molecule has 0 fully saturated rings. The first kappa shape index (κ1) is 11.9. The van der Waals surface area contributed by atoms with Gasteiger partial charge in [-0.1, -0.05) is 29.5 Å². The third-order valence-electron chi connectivity index (χ3n) is 2.93. The highest BCUT2D eigenvalue weighted by Gasteiger charge is 2.10. The molecule has 0 saturated heterocycles. The van der Waals surface area contributed by atoms with E-state index in [-0.39, 0.29) is 12.5 Å². The second kappa shape index (κ2) is 4.81. The average Bonchev–Trinajstić information content (AvgIpc) is 2.99. The molecule has 1 aromatic carbocycles. The van der Waals surface area contributed by atoms with E-state index in [2.05, 4.69) is 21.6 Å². The van der Waals surface area contributed by atoms with Crippen LogP contribution in [-0.4, -0.2) is 20.7 Å². The van der Waals surface area contributed by atoms with Gasteiger partial charge >= 0.3 is 0 Å². The molecule has 1 amide bonds. The number of carbonyl (C=O) groups excluding carboxylic acids is 1. The van der Waals surface area contributed by atoms with Crippen LogP contribution in [0.25, 0.3) is 10.9 Å². The minimum absolute atomic E-state index is 0.0961. The van der Waals surface area contributed by atoms with Crippen molar-refractivity contribution in [3.63, 3.8) is 0 Å². The number of aromatic nitrogens is 3. The van der Waals surface area contributed by atoms with Crippen LogP contribution in [0.2, 0.25) is 0 Å². The summed E-state index contributed by atoms with van der Waals surface area (Å²) in [7, 11) is 0. The first-order chi connectivity index (χ1) is 9.24. The van der Waals surface area contributed by atoms with Crippen molar-refractivity contribution in [1.29, 1.82) is 0 Å². The van der Waals surface area contributed by atoms with Crippen LogP contribution in [0.1, 0.15) is 5.69 Å². The summed E-state index contributed by atoms with van der Waals surface area (Å²) in [5.41, 5.74) is 3.72. The normalized spacial score (nSPS) is 10.8. The number of hydrogen-bond acceptors (Lipinski definition) is 4. The van der Waals surface area contributed by atoms with Gasteiger partial charge < -0.3 is 4.57 Å². The van der Waals surface area contributed by atoms with Crippen LogP contribution in [0.5, 0.6) is 0 Å². The summed E-state index contributed by atoms with van der Waals surface area (Å²) < 4.78 is 1.99. The minimum atomic E-state index is -0.0961. The molecule has 0 radical (unpaired) electrons. The van der Waals surface area contributed by atoms with Crippen LogP contribution >= 0.6 is 11.3 Å². The summed E-state index contributed by atoms with van der Waals surface area (Å²) in [5, 5.41) is 11.9. The molecule has 0 atom stereocenters. The minimum Gasteiger partial charge on any atom is -0.335 e. The zero-order valence-electron chi connectivity index (χ0n) is 10.3. The van der Waals surface area contributed by atoms with Gasteiger partial charge in [-0.15, -0.1) is 10.2 Å². The Morgan fingerprint density at radius 3 is 3.05 bits per heavy atom. The highest BCUT2D eigenvalue weighted by atomic mass is 32.1. The third kappa shape index (κ3) is 2.34. The van der Waals surface area contributed by atoms with Crippen molar-refractivity contribution in [3.05, 3.63) is 41.5 Å². The number of amides is 1. The van der Waals surface area contributed by atoms with E-state index >= 15 is 0 Å². The molecular formula is C13H12N4OS. The van der Waals surface area contributed by atoms with Gasteiger partial charge in [0.15, 0.2) is 0 Å². The highest BCUT2D eigenvalue weighted by Crippen LogP contribution is 2.19. The van der Waals surface area contributed by atoms with E-state index in [0.29, 0.717) is 5.13 Å². The standard InChI is InChI=1S/C13H12N4OS/c1-9-6-10-4-2-3-5-11(10)17(9)7-12(18)15-13-16-14-8-19-13/h2-6,8H,7H2,1H3,(H,15,16,18). The van der Waals surface area contributed by atoms with Gasteiger partial charge in [0.05, 0.1) is 0 Å². The Balaban J connectivity index is 1.85. The maximum absolute atomic E-state index is 12.0. The molecule has 3 rings (SSSR count). The Morgan fingerprint density at radius 1 is 1.42 bits per heavy atom. The first-order valence-corrected chi connectivity index (χ1v) is 6.73. The lowest BCUT2D eigenvalue weighted by atomic mass is 10.2. The highest BCUT2D eigenvalue weighted by molar-refractivity contribution is 7.13. The van der Waals surface area contributed by atoms with Crippen LogP contribution in [0.15, 0.2) is 35.8 Å². The average molecular weight is 272 g/mol. The summed E-state index contributed by atoms with van der Waals surface area (Å²) in [4.78, 5) is 12.0. The SMILES string of the molecule is Cc1cc2ccccc2n1CC(=O)Nc1nncs1. The topological polar surface area (TPSA) is 59.8 Å². The van der Waals surface area contributed by atoms with Gasteiger partial charge in [-0.3, -0.25) is 10.1 Å².